The molecule has 5 heteroatoms. The summed E-state index contributed by atoms with van der Waals surface area (Å²) in [5, 5.41) is 1.49. The van der Waals surface area contributed by atoms with Gasteiger partial charge in [0.25, 0.3) is 0 Å². The quantitative estimate of drug-likeness (QED) is 0.674. The predicted molar refractivity (Wildman–Crippen MR) is 85.7 cm³/mol. The first-order chi connectivity index (χ1) is 9.91. The van der Waals surface area contributed by atoms with Crippen LogP contribution >= 0.6 is 34.8 Å². The highest BCUT2D eigenvalue weighted by molar-refractivity contribution is 6.35. The summed E-state index contributed by atoms with van der Waals surface area (Å²) in [7, 11) is 0. The van der Waals surface area contributed by atoms with Crippen LogP contribution in [0.5, 0.6) is 0 Å². The Bertz CT molecular complexity index is 744. The van der Waals surface area contributed by atoms with Crippen molar-refractivity contribution in [3.63, 3.8) is 0 Å². The van der Waals surface area contributed by atoms with Gasteiger partial charge in [-0.15, -0.1) is 0 Å². The standard InChI is InChI=1S/C16H12Cl3NO/c1-16(11-4-2-9(17)8-12(11)18)7-6-13-10(15(16)21)3-5-14(19)20-13/h2-5,8H,6-7H2,1H3. The van der Waals surface area contributed by atoms with E-state index in [-0.39, 0.29) is 5.78 Å². The third-order valence-electron chi connectivity index (χ3n) is 4.07. The maximum Gasteiger partial charge on any atom is 0.174 e. The van der Waals surface area contributed by atoms with Crippen molar-refractivity contribution in [2.75, 3.05) is 0 Å². The Hall–Kier alpha value is -1.09. The van der Waals surface area contributed by atoms with Gasteiger partial charge in [-0.25, -0.2) is 4.98 Å². The zero-order valence-corrected chi connectivity index (χ0v) is 13.6. The number of rotatable bonds is 1. The van der Waals surface area contributed by atoms with E-state index in [0.29, 0.717) is 33.6 Å². The van der Waals surface area contributed by atoms with Crippen LogP contribution in [-0.2, 0) is 11.8 Å². The molecule has 0 saturated heterocycles. The lowest BCUT2D eigenvalue weighted by Gasteiger charge is -2.34. The summed E-state index contributed by atoms with van der Waals surface area (Å²) < 4.78 is 0. The molecule has 108 valence electrons. The number of nitrogens with zero attached hydrogens (tertiary/aromatic N) is 1. The summed E-state index contributed by atoms with van der Waals surface area (Å²) >= 11 is 18.1. The Morgan fingerprint density at radius 2 is 1.90 bits per heavy atom. The Labute approximate surface area is 138 Å². The Morgan fingerprint density at radius 1 is 1.14 bits per heavy atom. The molecule has 0 fully saturated rings. The van der Waals surface area contributed by atoms with Gasteiger partial charge < -0.3 is 0 Å². The van der Waals surface area contributed by atoms with Gasteiger partial charge in [-0.1, -0.05) is 40.9 Å². The van der Waals surface area contributed by atoms with Gasteiger partial charge in [-0.3, -0.25) is 4.79 Å². The van der Waals surface area contributed by atoms with Crippen LogP contribution in [-0.4, -0.2) is 10.8 Å². The number of halogens is 3. The molecule has 1 heterocycles. The number of Topliss-reactive ketones (excluding diaryl/α,β-unsaturated/α-hetero) is 1. The minimum Gasteiger partial charge on any atom is -0.293 e. The fraction of sp³-hybridized carbons (Fsp3) is 0.250. The normalized spacial score (nSPS) is 21.2. The van der Waals surface area contributed by atoms with Crippen molar-refractivity contribution in [2.24, 2.45) is 0 Å². The summed E-state index contributed by atoms with van der Waals surface area (Å²) in [6.07, 6.45) is 1.34. The highest BCUT2D eigenvalue weighted by Gasteiger charge is 2.41. The molecule has 0 bridgehead atoms. The van der Waals surface area contributed by atoms with Gasteiger partial charge in [-0.05, 0) is 49.6 Å². The van der Waals surface area contributed by atoms with Crippen LogP contribution in [0.2, 0.25) is 15.2 Å². The zero-order valence-electron chi connectivity index (χ0n) is 11.3. The smallest absolute Gasteiger partial charge is 0.174 e. The second-order valence-corrected chi connectivity index (χ2v) is 6.64. The van der Waals surface area contributed by atoms with Gasteiger partial charge in [-0.2, -0.15) is 0 Å². The Kier molecular flexibility index (Phi) is 3.73. The van der Waals surface area contributed by atoms with Crippen molar-refractivity contribution in [3.05, 3.63) is 62.4 Å². The van der Waals surface area contributed by atoms with Gasteiger partial charge >= 0.3 is 0 Å². The lowest BCUT2D eigenvalue weighted by Crippen LogP contribution is -2.38. The largest absolute Gasteiger partial charge is 0.293 e. The number of benzene rings is 1. The van der Waals surface area contributed by atoms with E-state index in [9.17, 15) is 4.79 Å². The van der Waals surface area contributed by atoms with Crippen LogP contribution in [0.25, 0.3) is 0 Å². The highest BCUT2D eigenvalue weighted by atomic mass is 35.5. The van der Waals surface area contributed by atoms with Crippen molar-refractivity contribution >= 4 is 40.6 Å². The molecule has 1 atom stereocenters. The molecular weight excluding hydrogens is 329 g/mol. The lowest BCUT2D eigenvalue weighted by molar-refractivity contribution is 0.0874. The monoisotopic (exact) mass is 339 g/mol. The molecule has 1 unspecified atom stereocenters. The number of aryl methyl sites for hydroxylation is 1. The molecule has 0 spiro atoms. The van der Waals surface area contributed by atoms with Crippen molar-refractivity contribution in [3.8, 4) is 0 Å². The molecule has 1 aromatic heterocycles. The first-order valence-electron chi connectivity index (χ1n) is 6.57. The number of pyridine rings is 1. The number of hydrogen-bond acceptors (Lipinski definition) is 2. The minimum atomic E-state index is -0.663. The van der Waals surface area contributed by atoms with Crippen LogP contribution in [0.3, 0.4) is 0 Å². The van der Waals surface area contributed by atoms with E-state index >= 15 is 0 Å². The number of fused-ring (bicyclic) bond motifs is 1. The second-order valence-electron chi connectivity index (χ2n) is 5.41. The van der Waals surface area contributed by atoms with Gasteiger partial charge in [0.2, 0.25) is 0 Å². The van der Waals surface area contributed by atoms with Gasteiger partial charge in [0.05, 0.1) is 11.1 Å². The van der Waals surface area contributed by atoms with E-state index in [4.69, 9.17) is 34.8 Å². The fourth-order valence-corrected chi connectivity index (χ4v) is 3.63. The third-order valence-corrected chi connectivity index (χ3v) is 4.83. The molecule has 0 N–H and O–H groups in total. The van der Waals surface area contributed by atoms with E-state index in [0.717, 1.165) is 11.3 Å². The molecule has 0 aliphatic heterocycles. The highest BCUT2D eigenvalue weighted by Crippen LogP contribution is 2.41. The van der Waals surface area contributed by atoms with Crippen molar-refractivity contribution in [1.29, 1.82) is 0 Å². The number of hydrogen-bond donors (Lipinski definition) is 0. The summed E-state index contributed by atoms with van der Waals surface area (Å²) in [5.74, 6) is 0.0251. The van der Waals surface area contributed by atoms with Crippen LogP contribution in [0.4, 0.5) is 0 Å². The first-order valence-corrected chi connectivity index (χ1v) is 7.71. The number of carbonyl (C=O) groups excluding carboxylic acids is 1. The Morgan fingerprint density at radius 3 is 2.62 bits per heavy atom. The average Bonchev–Trinajstić information content (AvgIpc) is 2.43. The lowest BCUT2D eigenvalue weighted by atomic mass is 9.69. The Balaban J connectivity index is 2.11. The average molecular weight is 341 g/mol. The van der Waals surface area contributed by atoms with Gasteiger partial charge in [0, 0.05) is 15.6 Å². The molecule has 21 heavy (non-hydrogen) atoms. The summed E-state index contributed by atoms with van der Waals surface area (Å²) in [4.78, 5) is 17.2. The molecule has 0 amide bonds. The van der Waals surface area contributed by atoms with E-state index in [2.05, 4.69) is 4.98 Å². The molecule has 1 aliphatic carbocycles. The topological polar surface area (TPSA) is 30.0 Å². The molecule has 3 rings (SSSR count). The van der Waals surface area contributed by atoms with E-state index < -0.39 is 5.41 Å². The summed E-state index contributed by atoms with van der Waals surface area (Å²) in [6, 6.07) is 8.65. The minimum absolute atomic E-state index is 0.0251. The maximum atomic E-state index is 12.9. The van der Waals surface area contributed by atoms with Crippen LogP contribution in [0.1, 0.15) is 35.0 Å². The number of carbonyl (C=O) groups is 1. The summed E-state index contributed by atoms with van der Waals surface area (Å²) in [5.41, 5.74) is 1.53. The molecule has 0 saturated carbocycles. The van der Waals surface area contributed by atoms with Crippen LogP contribution in [0, 0.1) is 0 Å². The SMILES string of the molecule is CC1(c2ccc(Cl)cc2Cl)CCc2nc(Cl)ccc2C1=O. The van der Waals surface area contributed by atoms with E-state index in [1.807, 2.05) is 13.0 Å². The van der Waals surface area contributed by atoms with Crippen molar-refractivity contribution in [2.45, 2.75) is 25.2 Å². The number of aromatic nitrogens is 1. The van der Waals surface area contributed by atoms with Gasteiger partial charge in [0.1, 0.15) is 5.15 Å². The van der Waals surface area contributed by atoms with E-state index in [1.165, 1.54) is 0 Å². The molecule has 0 radical (unpaired) electrons. The zero-order chi connectivity index (χ0) is 15.2. The van der Waals surface area contributed by atoms with Crippen molar-refractivity contribution < 1.29 is 4.79 Å². The molecular formula is C16H12Cl3NO. The first kappa shape index (κ1) is 14.8. The third kappa shape index (κ3) is 2.46. The predicted octanol–water partition coefficient (Wildman–Crippen LogP) is 5.13. The fourth-order valence-electron chi connectivity index (χ4n) is 2.85. The van der Waals surface area contributed by atoms with E-state index in [1.54, 1.807) is 24.3 Å². The molecule has 1 aromatic carbocycles. The number of ketones is 1. The molecule has 2 nitrogen and oxygen atoms in total. The van der Waals surface area contributed by atoms with Crippen molar-refractivity contribution in [1.82, 2.24) is 4.98 Å². The second kappa shape index (κ2) is 5.28. The van der Waals surface area contributed by atoms with Crippen LogP contribution < -0.4 is 0 Å². The molecule has 1 aliphatic rings. The summed E-state index contributed by atoms with van der Waals surface area (Å²) in [6.45, 7) is 1.92. The van der Waals surface area contributed by atoms with Gasteiger partial charge in [0.15, 0.2) is 5.78 Å². The van der Waals surface area contributed by atoms with Crippen LogP contribution in [0.15, 0.2) is 30.3 Å². The molecule has 2 aromatic rings. The maximum absolute atomic E-state index is 12.9.